The molecule has 0 amide bonds. The van der Waals surface area contributed by atoms with Gasteiger partial charge in [0.1, 0.15) is 0 Å². The van der Waals surface area contributed by atoms with E-state index >= 15 is 0 Å². The second kappa shape index (κ2) is 6.61. The van der Waals surface area contributed by atoms with Gasteiger partial charge in [-0.25, -0.2) is 0 Å². The molecule has 2 unspecified atom stereocenters. The second-order valence-corrected chi connectivity index (χ2v) is 5.46. The van der Waals surface area contributed by atoms with E-state index in [-0.39, 0.29) is 0 Å². The maximum Gasteiger partial charge on any atom is -0.00178 e. The molecular weight excluding hydrogens is 196 g/mol. The monoisotopic (exact) mass is 223 g/mol. The molecule has 0 aliphatic carbocycles. The minimum absolute atomic E-state index is 0.857. The summed E-state index contributed by atoms with van der Waals surface area (Å²) < 4.78 is 0. The summed E-state index contributed by atoms with van der Waals surface area (Å²) in [7, 11) is 0. The summed E-state index contributed by atoms with van der Waals surface area (Å²) in [5, 5.41) is 7.01. The third-order valence-electron chi connectivity index (χ3n) is 4.32. The average Bonchev–Trinajstić information content (AvgIpc) is 2.38. The van der Waals surface area contributed by atoms with Crippen LogP contribution in [-0.2, 0) is 0 Å². The molecule has 2 saturated heterocycles. The Kier molecular flexibility index (Phi) is 5.11. The Morgan fingerprint density at radius 2 is 1.94 bits per heavy atom. The van der Waals surface area contributed by atoms with Gasteiger partial charge >= 0.3 is 0 Å². The van der Waals surface area contributed by atoms with Gasteiger partial charge in [-0.15, -0.1) is 0 Å². The van der Waals surface area contributed by atoms with E-state index in [1.807, 2.05) is 0 Å². The van der Waals surface area contributed by atoms with Crippen LogP contribution in [0.5, 0.6) is 0 Å². The fraction of sp³-hybridized carbons (Fsp3) is 0.929. The van der Waals surface area contributed by atoms with Crippen LogP contribution in [0.25, 0.3) is 0 Å². The number of rotatable bonds is 4. The van der Waals surface area contributed by atoms with Gasteiger partial charge in [0.05, 0.1) is 0 Å². The lowest BCUT2D eigenvalue weighted by Gasteiger charge is -2.33. The molecule has 0 bridgehead atoms. The zero-order chi connectivity index (χ0) is 11.2. The number of piperidine rings is 2. The smallest absolute Gasteiger partial charge is 0.00178 e. The number of nitrogens with one attached hydrogen (secondary N) is 2. The van der Waals surface area contributed by atoms with Gasteiger partial charge in [0.15, 0.2) is 0 Å². The molecule has 2 aliphatic heterocycles. The highest BCUT2D eigenvalue weighted by Gasteiger charge is 2.25. The summed E-state index contributed by atoms with van der Waals surface area (Å²) in [6, 6.07) is 0. The van der Waals surface area contributed by atoms with Crippen molar-refractivity contribution in [1.29, 1.82) is 0 Å². The Bertz CT molecular complexity index is 181. The standard InChI is InChI=1S/C14H27N2/c1-2-13(14-4-3-7-16-11-14)10-12-5-8-15-9-6-12/h10,12-16H,2-9,11H2,1H3. The first-order valence-electron chi connectivity index (χ1n) is 7.16. The lowest BCUT2D eigenvalue weighted by molar-refractivity contribution is 0.256. The van der Waals surface area contributed by atoms with E-state index in [4.69, 9.17) is 0 Å². The van der Waals surface area contributed by atoms with Gasteiger partial charge in [0.2, 0.25) is 0 Å². The predicted molar refractivity (Wildman–Crippen MR) is 69.3 cm³/mol. The molecule has 1 radical (unpaired) electrons. The Hall–Kier alpha value is -0.0800. The van der Waals surface area contributed by atoms with Crippen LogP contribution in [0.3, 0.4) is 0 Å². The van der Waals surface area contributed by atoms with Crippen LogP contribution in [0.15, 0.2) is 0 Å². The SMILES string of the molecule is CCC([CH]C1CCNCC1)C1CCCNC1. The van der Waals surface area contributed by atoms with Crippen molar-refractivity contribution in [2.75, 3.05) is 26.2 Å². The van der Waals surface area contributed by atoms with E-state index in [0.29, 0.717) is 0 Å². The third-order valence-corrected chi connectivity index (χ3v) is 4.32. The van der Waals surface area contributed by atoms with Crippen molar-refractivity contribution in [3.63, 3.8) is 0 Å². The molecule has 0 spiro atoms. The Labute approximate surface area is 101 Å². The van der Waals surface area contributed by atoms with Crippen molar-refractivity contribution in [3.8, 4) is 0 Å². The molecule has 2 heterocycles. The van der Waals surface area contributed by atoms with Crippen molar-refractivity contribution in [2.24, 2.45) is 17.8 Å². The van der Waals surface area contributed by atoms with Crippen LogP contribution in [0, 0.1) is 24.2 Å². The van der Waals surface area contributed by atoms with Gasteiger partial charge in [0, 0.05) is 0 Å². The van der Waals surface area contributed by atoms with Gasteiger partial charge in [-0.3, -0.25) is 0 Å². The quantitative estimate of drug-likeness (QED) is 0.763. The highest BCUT2D eigenvalue weighted by atomic mass is 14.9. The zero-order valence-electron chi connectivity index (χ0n) is 10.7. The lowest BCUT2D eigenvalue weighted by atomic mass is 9.77. The zero-order valence-corrected chi connectivity index (χ0v) is 10.7. The first kappa shape index (κ1) is 12.4. The number of hydrogen-bond acceptors (Lipinski definition) is 2. The highest BCUT2D eigenvalue weighted by molar-refractivity contribution is 4.90. The molecule has 2 aliphatic rings. The first-order valence-corrected chi connectivity index (χ1v) is 7.16. The molecule has 2 nitrogen and oxygen atoms in total. The highest BCUT2D eigenvalue weighted by Crippen LogP contribution is 2.30. The van der Waals surface area contributed by atoms with Gasteiger partial charge in [-0.1, -0.05) is 13.3 Å². The van der Waals surface area contributed by atoms with Crippen LogP contribution in [0.4, 0.5) is 0 Å². The Morgan fingerprint density at radius 3 is 2.56 bits per heavy atom. The van der Waals surface area contributed by atoms with Crippen LogP contribution in [0.1, 0.15) is 39.0 Å². The topological polar surface area (TPSA) is 24.1 Å². The van der Waals surface area contributed by atoms with Gasteiger partial charge in [-0.2, -0.15) is 0 Å². The lowest BCUT2D eigenvalue weighted by Crippen LogP contribution is -2.36. The average molecular weight is 223 g/mol. The van der Waals surface area contributed by atoms with Crippen molar-refractivity contribution in [3.05, 3.63) is 6.42 Å². The van der Waals surface area contributed by atoms with Crippen molar-refractivity contribution in [2.45, 2.75) is 39.0 Å². The summed E-state index contributed by atoms with van der Waals surface area (Å²) in [5.74, 6) is 2.65. The molecule has 16 heavy (non-hydrogen) atoms. The van der Waals surface area contributed by atoms with E-state index in [1.54, 1.807) is 0 Å². The maximum absolute atomic E-state index is 3.55. The molecule has 0 aromatic carbocycles. The molecule has 2 atom stereocenters. The minimum Gasteiger partial charge on any atom is -0.317 e. The number of hydrogen-bond donors (Lipinski definition) is 2. The van der Waals surface area contributed by atoms with Crippen LogP contribution in [-0.4, -0.2) is 26.2 Å². The van der Waals surface area contributed by atoms with Crippen molar-refractivity contribution in [1.82, 2.24) is 10.6 Å². The van der Waals surface area contributed by atoms with Crippen LogP contribution >= 0.6 is 0 Å². The van der Waals surface area contributed by atoms with Crippen LogP contribution < -0.4 is 10.6 Å². The van der Waals surface area contributed by atoms with Crippen LogP contribution in [0.2, 0.25) is 0 Å². The summed E-state index contributed by atoms with van der Waals surface area (Å²) in [5.41, 5.74) is 0. The molecule has 93 valence electrons. The maximum atomic E-state index is 3.55. The fourth-order valence-electron chi connectivity index (χ4n) is 3.26. The Morgan fingerprint density at radius 1 is 1.12 bits per heavy atom. The molecule has 2 fully saturated rings. The molecule has 2 rings (SSSR count). The van der Waals surface area contributed by atoms with Crippen molar-refractivity contribution < 1.29 is 0 Å². The summed E-state index contributed by atoms with van der Waals surface area (Å²) in [6.07, 6.45) is 9.55. The molecule has 2 heteroatoms. The van der Waals surface area contributed by atoms with E-state index in [1.165, 1.54) is 58.3 Å². The molecule has 0 aromatic rings. The van der Waals surface area contributed by atoms with E-state index < -0.39 is 0 Å². The summed E-state index contributed by atoms with van der Waals surface area (Å²) in [4.78, 5) is 0. The second-order valence-electron chi connectivity index (χ2n) is 5.46. The molecular formula is C14H27N2. The minimum atomic E-state index is 0.857. The van der Waals surface area contributed by atoms with E-state index in [9.17, 15) is 0 Å². The van der Waals surface area contributed by atoms with E-state index in [2.05, 4.69) is 24.0 Å². The third kappa shape index (κ3) is 3.46. The molecule has 0 saturated carbocycles. The first-order chi connectivity index (χ1) is 7.90. The molecule has 2 N–H and O–H groups in total. The van der Waals surface area contributed by atoms with Gasteiger partial charge in [0.25, 0.3) is 0 Å². The van der Waals surface area contributed by atoms with Crippen molar-refractivity contribution >= 4 is 0 Å². The Balaban J connectivity index is 1.78. The van der Waals surface area contributed by atoms with E-state index in [0.717, 1.165) is 17.8 Å². The normalized spacial score (nSPS) is 30.2. The van der Waals surface area contributed by atoms with Gasteiger partial charge < -0.3 is 10.6 Å². The van der Waals surface area contributed by atoms with Gasteiger partial charge in [-0.05, 0) is 76.0 Å². The molecule has 0 aromatic heterocycles. The predicted octanol–water partition coefficient (Wildman–Crippen LogP) is 2.22. The largest absolute Gasteiger partial charge is 0.317 e. The summed E-state index contributed by atoms with van der Waals surface area (Å²) in [6.45, 7) is 7.29. The fourth-order valence-corrected chi connectivity index (χ4v) is 3.26. The summed E-state index contributed by atoms with van der Waals surface area (Å²) >= 11 is 0.